The molecule has 0 fully saturated rings. The first-order chi connectivity index (χ1) is 12.7. The molecule has 2 aromatic carbocycles. The monoisotopic (exact) mass is 358 g/mol. The van der Waals surface area contributed by atoms with Gasteiger partial charge in [0.25, 0.3) is 5.91 Å². The van der Waals surface area contributed by atoms with E-state index in [2.05, 4.69) is 16.4 Å². The lowest BCUT2D eigenvalue weighted by molar-refractivity contribution is 0.102. The standard InChI is InChI=1S/C20H14N4OS/c1-13-18(19(25)22-16-10-6-5-9-15(16)11-21)26-20-23-17(12-24(13)20)14-7-3-2-4-8-14/h2-10,12H,1H3,(H,22,25). The Morgan fingerprint density at radius 2 is 1.88 bits per heavy atom. The van der Waals surface area contributed by atoms with Crippen molar-refractivity contribution < 1.29 is 4.79 Å². The van der Waals surface area contributed by atoms with E-state index in [1.165, 1.54) is 11.3 Å². The first-order valence-electron chi connectivity index (χ1n) is 8.02. The number of para-hydroxylation sites is 1. The van der Waals surface area contributed by atoms with Gasteiger partial charge in [-0.05, 0) is 19.1 Å². The normalized spacial score (nSPS) is 10.6. The molecule has 0 aliphatic heterocycles. The van der Waals surface area contributed by atoms with Crippen LogP contribution in [0.2, 0.25) is 0 Å². The van der Waals surface area contributed by atoms with Gasteiger partial charge in [-0.25, -0.2) is 4.98 Å². The third-order valence-electron chi connectivity index (χ3n) is 4.13. The van der Waals surface area contributed by atoms with Crippen LogP contribution in [0.1, 0.15) is 20.9 Å². The molecule has 26 heavy (non-hydrogen) atoms. The maximum Gasteiger partial charge on any atom is 0.267 e. The van der Waals surface area contributed by atoms with E-state index in [1.54, 1.807) is 24.3 Å². The van der Waals surface area contributed by atoms with E-state index in [0.29, 0.717) is 16.1 Å². The van der Waals surface area contributed by atoms with E-state index in [0.717, 1.165) is 21.9 Å². The average molecular weight is 358 g/mol. The second kappa shape index (κ2) is 6.47. The molecule has 0 aliphatic carbocycles. The number of benzene rings is 2. The maximum absolute atomic E-state index is 12.7. The summed E-state index contributed by atoms with van der Waals surface area (Å²) in [6.45, 7) is 1.89. The fraction of sp³-hybridized carbons (Fsp3) is 0.0500. The molecular weight excluding hydrogens is 344 g/mol. The summed E-state index contributed by atoms with van der Waals surface area (Å²) in [5, 5.41) is 12.0. The van der Waals surface area contributed by atoms with Gasteiger partial charge in [0.1, 0.15) is 10.9 Å². The molecule has 4 aromatic rings. The molecule has 0 spiro atoms. The van der Waals surface area contributed by atoms with Gasteiger partial charge in [0.15, 0.2) is 4.96 Å². The number of fused-ring (bicyclic) bond motifs is 1. The number of anilines is 1. The number of imidazole rings is 1. The molecule has 0 bridgehead atoms. The Kier molecular flexibility index (Phi) is 3.99. The van der Waals surface area contributed by atoms with Crippen LogP contribution in [0.25, 0.3) is 16.2 Å². The molecule has 0 saturated carbocycles. The summed E-state index contributed by atoms with van der Waals surface area (Å²) in [6, 6.07) is 19.0. The lowest BCUT2D eigenvalue weighted by atomic mass is 10.2. The van der Waals surface area contributed by atoms with Gasteiger partial charge in [0.2, 0.25) is 0 Å². The van der Waals surface area contributed by atoms with Crippen LogP contribution in [0.4, 0.5) is 5.69 Å². The molecular formula is C20H14N4OS. The second-order valence-corrected chi connectivity index (χ2v) is 6.75. The number of amides is 1. The Bertz CT molecular complexity index is 1150. The van der Waals surface area contributed by atoms with Crippen LogP contribution >= 0.6 is 11.3 Å². The number of nitriles is 1. The fourth-order valence-electron chi connectivity index (χ4n) is 2.78. The smallest absolute Gasteiger partial charge is 0.267 e. The molecule has 0 aliphatic rings. The van der Waals surface area contributed by atoms with E-state index in [1.807, 2.05) is 47.9 Å². The molecule has 1 amide bonds. The fourth-order valence-corrected chi connectivity index (χ4v) is 3.78. The van der Waals surface area contributed by atoms with Crippen LogP contribution in [-0.4, -0.2) is 15.3 Å². The Labute approximate surface area is 154 Å². The van der Waals surface area contributed by atoms with Crippen molar-refractivity contribution in [3.05, 3.63) is 76.9 Å². The Morgan fingerprint density at radius 3 is 2.62 bits per heavy atom. The highest BCUT2D eigenvalue weighted by Crippen LogP contribution is 2.28. The van der Waals surface area contributed by atoms with Crippen molar-refractivity contribution in [3.63, 3.8) is 0 Å². The van der Waals surface area contributed by atoms with Crippen LogP contribution in [0.3, 0.4) is 0 Å². The van der Waals surface area contributed by atoms with Crippen molar-refractivity contribution >= 4 is 27.9 Å². The maximum atomic E-state index is 12.7. The number of nitrogens with zero attached hydrogens (tertiary/aromatic N) is 3. The van der Waals surface area contributed by atoms with Crippen molar-refractivity contribution in [3.8, 4) is 17.3 Å². The SMILES string of the molecule is Cc1c(C(=O)Nc2ccccc2C#N)sc2nc(-c3ccccc3)cn12. The number of hydrogen-bond acceptors (Lipinski definition) is 4. The highest BCUT2D eigenvalue weighted by molar-refractivity contribution is 7.19. The topological polar surface area (TPSA) is 70.2 Å². The number of aryl methyl sites for hydroxylation is 1. The summed E-state index contributed by atoms with van der Waals surface area (Å²) in [5.74, 6) is -0.234. The Morgan fingerprint density at radius 1 is 1.15 bits per heavy atom. The number of aromatic nitrogens is 2. The van der Waals surface area contributed by atoms with Crippen LogP contribution in [0.5, 0.6) is 0 Å². The van der Waals surface area contributed by atoms with E-state index >= 15 is 0 Å². The summed E-state index contributed by atoms with van der Waals surface area (Å²) >= 11 is 1.34. The average Bonchev–Trinajstić information content (AvgIpc) is 3.22. The van der Waals surface area contributed by atoms with Gasteiger partial charge in [-0.15, -0.1) is 0 Å². The van der Waals surface area contributed by atoms with Crippen LogP contribution in [0, 0.1) is 18.3 Å². The van der Waals surface area contributed by atoms with E-state index in [4.69, 9.17) is 5.26 Å². The van der Waals surface area contributed by atoms with Crippen LogP contribution in [-0.2, 0) is 0 Å². The molecule has 0 unspecified atom stereocenters. The Balaban J connectivity index is 1.67. The minimum Gasteiger partial charge on any atom is -0.320 e. The van der Waals surface area contributed by atoms with Crippen LogP contribution in [0.15, 0.2) is 60.8 Å². The van der Waals surface area contributed by atoms with Gasteiger partial charge >= 0.3 is 0 Å². The minimum atomic E-state index is -0.234. The molecule has 5 nitrogen and oxygen atoms in total. The van der Waals surface area contributed by atoms with Gasteiger partial charge in [0.05, 0.1) is 16.9 Å². The lowest BCUT2D eigenvalue weighted by Crippen LogP contribution is -2.12. The molecule has 0 saturated heterocycles. The van der Waals surface area contributed by atoms with Crippen molar-refractivity contribution in [2.75, 3.05) is 5.32 Å². The van der Waals surface area contributed by atoms with Crippen molar-refractivity contribution in [1.29, 1.82) is 5.26 Å². The molecule has 1 N–H and O–H groups in total. The molecule has 0 atom stereocenters. The molecule has 126 valence electrons. The lowest BCUT2D eigenvalue weighted by Gasteiger charge is -2.05. The van der Waals surface area contributed by atoms with Crippen molar-refractivity contribution in [1.82, 2.24) is 9.38 Å². The molecule has 0 radical (unpaired) electrons. The number of rotatable bonds is 3. The zero-order chi connectivity index (χ0) is 18.1. The number of carbonyl (C=O) groups is 1. The third-order valence-corrected chi connectivity index (χ3v) is 5.28. The van der Waals surface area contributed by atoms with Gasteiger partial charge in [-0.1, -0.05) is 53.8 Å². The van der Waals surface area contributed by atoms with Crippen LogP contribution < -0.4 is 5.32 Å². The zero-order valence-corrected chi connectivity index (χ0v) is 14.7. The van der Waals surface area contributed by atoms with E-state index in [9.17, 15) is 4.79 Å². The first kappa shape index (κ1) is 16.1. The summed E-state index contributed by atoms with van der Waals surface area (Å²) < 4.78 is 1.93. The number of thiazole rings is 1. The molecule has 2 heterocycles. The van der Waals surface area contributed by atoms with E-state index < -0.39 is 0 Å². The van der Waals surface area contributed by atoms with Crippen molar-refractivity contribution in [2.45, 2.75) is 6.92 Å². The van der Waals surface area contributed by atoms with Gasteiger partial charge in [-0.2, -0.15) is 5.26 Å². The summed E-state index contributed by atoms with van der Waals surface area (Å²) in [5.41, 5.74) is 3.69. The highest BCUT2D eigenvalue weighted by Gasteiger charge is 2.19. The second-order valence-electron chi connectivity index (χ2n) is 5.77. The Hall–Kier alpha value is -3.43. The predicted octanol–water partition coefficient (Wildman–Crippen LogP) is 4.50. The summed E-state index contributed by atoms with van der Waals surface area (Å²) in [7, 11) is 0. The quantitative estimate of drug-likeness (QED) is 0.586. The third kappa shape index (κ3) is 2.75. The first-order valence-corrected chi connectivity index (χ1v) is 8.83. The van der Waals surface area contributed by atoms with Crippen molar-refractivity contribution in [2.24, 2.45) is 0 Å². The van der Waals surface area contributed by atoms with Gasteiger partial charge < -0.3 is 5.32 Å². The van der Waals surface area contributed by atoms with E-state index in [-0.39, 0.29) is 5.91 Å². The number of carbonyl (C=O) groups excluding carboxylic acids is 1. The molecule has 2 aromatic heterocycles. The molecule has 6 heteroatoms. The number of nitrogens with one attached hydrogen (secondary N) is 1. The molecule has 4 rings (SSSR count). The summed E-state index contributed by atoms with van der Waals surface area (Å²) in [4.78, 5) is 18.7. The van der Waals surface area contributed by atoms with Gasteiger partial charge in [0, 0.05) is 17.5 Å². The summed E-state index contributed by atoms with van der Waals surface area (Å²) in [6.07, 6.45) is 1.94. The van der Waals surface area contributed by atoms with Gasteiger partial charge in [-0.3, -0.25) is 9.20 Å². The minimum absolute atomic E-state index is 0.234. The highest BCUT2D eigenvalue weighted by atomic mass is 32.1. The predicted molar refractivity (Wildman–Crippen MR) is 102 cm³/mol. The largest absolute Gasteiger partial charge is 0.320 e. The number of hydrogen-bond donors (Lipinski definition) is 1. The zero-order valence-electron chi connectivity index (χ0n) is 13.9.